The van der Waals surface area contributed by atoms with Crippen LogP contribution in [0.5, 0.6) is 0 Å². The van der Waals surface area contributed by atoms with Crippen LogP contribution in [0.2, 0.25) is 0 Å². The van der Waals surface area contributed by atoms with Crippen LogP contribution in [0.4, 0.5) is 0 Å². The van der Waals surface area contributed by atoms with Gasteiger partial charge >= 0.3 is 0 Å². The molecule has 0 saturated carbocycles. The Morgan fingerprint density at radius 1 is 1.61 bits per heavy atom. The van der Waals surface area contributed by atoms with Gasteiger partial charge in [0.05, 0.1) is 18.8 Å². The van der Waals surface area contributed by atoms with Gasteiger partial charge < -0.3 is 15.0 Å². The molecule has 18 heavy (non-hydrogen) atoms. The van der Waals surface area contributed by atoms with E-state index in [2.05, 4.69) is 35.2 Å². The molecule has 100 valence electrons. The number of nitrogens with zero attached hydrogens (tertiary/aromatic N) is 2. The number of aromatic nitrogens is 1. The Labute approximate surface area is 109 Å². The van der Waals surface area contributed by atoms with Gasteiger partial charge in [0.1, 0.15) is 0 Å². The maximum Gasteiger partial charge on any atom is 0.0897 e. The molecule has 4 heteroatoms. The average molecular weight is 249 g/mol. The third-order valence-corrected chi connectivity index (χ3v) is 3.33. The number of nitrogens with one attached hydrogen (secondary N) is 1. The van der Waals surface area contributed by atoms with Crippen molar-refractivity contribution in [2.75, 3.05) is 33.3 Å². The zero-order valence-corrected chi connectivity index (χ0v) is 11.3. The van der Waals surface area contributed by atoms with Crippen molar-refractivity contribution in [2.24, 2.45) is 0 Å². The van der Waals surface area contributed by atoms with Gasteiger partial charge in [0, 0.05) is 25.5 Å². The maximum atomic E-state index is 5.93. The van der Waals surface area contributed by atoms with Crippen LogP contribution in [0, 0.1) is 0 Å². The highest BCUT2D eigenvalue weighted by Crippen LogP contribution is 2.21. The molecule has 1 N–H and O–H groups in total. The highest BCUT2D eigenvalue weighted by atomic mass is 16.5. The van der Waals surface area contributed by atoms with E-state index >= 15 is 0 Å². The summed E-state index contributed by atoms with van der Waals surface area (Å²) in [5.41, 5.74) is 1.21. The van der Waals surface area contributed by atoms with Crippen molar-refractivity contribution in [1.82, 2.24) is 15.2 Å². The highest BCUT2D eigenvalue weighted by molar-refractivity contribution is 5.16. The SMILES string of the molecule is CCCNC(c1cccnc1)C1CN(C)CCO1. The molecule has 1 aliphatic heterocycles. The van der Waals surface area contributed by atoms with Crippen LogP contribution in [0.25, 0.3) is 0 Å². The van der Waals surface area contributed by atoms with Crippen molar-refractivity contribution in [3.05, 3.63) is 30.1 Å². The van der Waals surface area contributed by atoms with Gasteiger partial charge in [0.25, 0.3) is 0 Å². The van der Waals surface area contributed by atoms with E-state index in [4.69, 9.17) is 4.74 Å². The second kappa shape index (κ2) is 6.83. The molecular formula is C14H23N3O. The van der Waals surface area contributed by atoms with Gasteiger partial charge in [-0.2, -0.15) is 0 Å². The number of pyridine rings is 1. The van der Waals surface area contributed by atoms with Crippen molar-refractivity contribution in [1.29, 1.82) is 0 Å². The Kier molecular flexibility index (Phi) is 5.11. The van der Waals surface area contributed by atoms with Gasteiger partial charge in [-0.1, -0.05) is 13.0 Å². The van der Waals surface area contributed by atoms with Crippen LogP contribution in [0.3, 0.4) is 0 Å². The summed E-state index contributed by atoms with van der Waals surface area (Å²) >= 11 is 0. The second-order valence-electron chi connectivity index (χ2n) is 4.89. The highest BCUT2D eigenvalue weighted by Gasteiger charge is 2.27. The number of likely N-dealkylation sites (N-methyl/N-ethyl adjacent to an activating group) is 1. The van der Waals surface area contributed by atoms with E-state index in [0.717, 1.165) is 32.7 Å². The summed E-state index contributed by atoms with van der Waals surface area (Å²) < 4.78 is 5.93. The molecule has 0 radical (unpaired) electrons. The zero-order chi connectivity index (χ0) is 12.8. The Morgan fingerprint density at radius 2 is 2.50 bits per heavy atom. The van der Waals surface area contributed by atoms with Crippen LogP contribution in [0.15, 0.2) is 24.5 Å². The summed E-state index contributed by atoms with van der Waals surface area (Å²) in [6.45, 7) is 5.98. The molecule has 0 aromatic carbocycles. The van der Waals surface area contributed by atoms with E-state index in [-0.39, 0.29) is 12.1 Å². The van der Waals surface area contributed by atoms with Gasteiger partial charge in [-0.25, -0.2) is 0 Å². The van der Waals surface area contributed by atoms with Crippen molar-refractivity contribution in [2.45, 2.75) is 25.5 Å². The molecule has 1 aromatic heterocycles. The number of hydrogen-bond donors (Lipinski definition) is 1. The molecule has 0 amide bonds. The average Bonchev–Trinajstić information content (AvgIpc) is 2.40. The topological polar surface area (TPSA) is 37.4 Å². The molecule has 4 nitrogen and oxygen atoms in total. The summed E-state index contributed by atoms with van der Waals surface area (Å²) in [6, 6.07) is 4.35. The third-order valence-electron chi connectivity index (χ3n) is 3.33. The monoisotopic (exact) mass is 249 g/mol. The van der Waals surface area contributed by atoms with E-state index in [0.29, 0.717) is 0 Å². The lowest BCUT2D eigenvalue weighted by Gasteiger charge is -2.35. The normalized spacial score (nSPS) is 22.9. The zero-order valence-electron chi connectivity index (χ0n) is 11.3. The molecule has 0 aliphatic carbocycles. The first kappa shape index (κ1) is 13.5. The molecule has 1 aromatic rings. The molecule has 2 rings (SSSR count). The smallest absolute Gasteiger partial charge is 0.0897 e. The molecule has 1 saturated heterocycles. The molecule has 1 fully saturated rings. The summed E-state index contributed by atoms with van der Waals surface area (Å²) in [7, 11) is 2.15. The lowest BCUT2D eigenvalue weighted by atomic mass is 10.0. The van der Waals surface area contributed by atoms with Crippen molar-refractivity contribution < 1.29 is 4.74 Å². The van der Waals surface area contributed by atoms with Gasteiger partial charge in [0.2, 0.25) is 0 Å². The van der Waals surface area contributed by atoms with Crippen LogP contribution < -0.4 is 5.32 Å². The fraction of sp³-hybridized carbons (Fsp3) is 0.643. The Hall–Kier alpha value is -0.970. The van der Waals surface area contributed by atoms with E-state index in [9.17, 15) is 0 Å². The van der Waals surface area contributed by atoms with Crippen molar-refractivity contribution >= 4 is 0 Å². The van der Waals surface area contributed by atoms with Crippen LogP contribution >= 0.6 is 0 Å². The van der Waals surface area contributed by atoms with Crippen molar-refractivity contribution in [3.63, 3.8) is 0 Å². The molecular weight excluding hydrogens is 226 g/mol. The van der Waals surface area contributed by atoms with Gasteiger partial charge in [-0.05, 0) is 31.6 Å². The predicted octanol–water partition coefficient (Wildman–Crippen LogP) is 1.45. The van der Waals surface area contributed by atoms with Crippen LogP contribution in [-0.2, 0) is 4.74 Å². The standard InChI is InChI=1S/C14H23N3O/c1-3-6-16-14(12-5-4-7-15-10-12)13-11-17(2)8-9-18-13/h4-5,7,10,13-14,16H,3,6,8-9,11H2,1-2H3. The number of hydrogen-bond acceptors (Lipinski definition) is 4. The minimum Gasteiger partial charge on any atom is -0.374 e. The molecule has 1 aliphatic rings. The summed E-state index contributed by atoms with van der Waals surface area (Å²) in [6.07, 6.45) is 5.08. The predicted molar refractivity (Wildman–Crippen MR) is 72.5 cm³/mol. The van der Waals surface area contributed by atoms with Crippen molar-refractivity contribution in [3.8, 4) is 0 Å². The quantitative estimate of drug-likeness (QED) is 0.857. The second-order valence-corrected chi connectivity index (χ2v) is 4.89. The fourth-order valence-corrected chi connectivity index (χ4v) is 2.34. The summed E-state index contributed by atoms with van der Waals surface area (Å²) in [5, 5.41) is 3.58. The Balaban J connectivity index is 2.09. The van der Waals surface area contributed by atoms with Crippen LogP contribution in [-0.4, -0.2) is 49.3 Å². The Bertz CT molecular complexity index is 344. The van der Waals surface area contributed by atoms with E-state index < -0.39 is 0 Å². The molecule has 2 unspecified atom stereocenters. The third kappa shape index (κ3) is 3.51. The lowest BCUT2D eigenvalue weighted by molar-refractivity contribution is -0.0392. The molecule has 2 heterocycles. The lowest BCUT2D eigenvalue weighted by Crippen LogP contribution is -2.46. The van der Waals surface area contributed by atoms with E-state index in [1.807, 2.05) is 18.5 Å². The number of morpholine rings is 1. The van der Waals surface area contributed by atoms with Gasteiger partial charge in [-0.3, -0.25) is 4.98 Å². The fourth-order valence-electron chi connectivity index (χ4n) is 2.34. The molecule has 2 atom stereocenters. The maximum absolute atomic E-state index is 5.93. The van der Waals surface area contributed by atoms with Crippen LogP contribution in [0.1, 0.15) is 24.9 Å². The number of rotatable bonds is 5. The minimum atomic E-state index is 0.208. The Morgan fingerprint density at radius 3 is 3.17 bits per heavy atom. The van der Waals surface area contributed by atoms with E-state index in [1.165, 1.54) is 5.56 Å². The van der Waals surface area contributed by atoms with Gasteiger partial charge in [0.15, 0.2) is 0 Å². The summed E-state index contributed by atoms with van der Waals surface area (Å²) in [5.74, 6) is 0. The molecule has 0 spiro atoms. The van der Waals surface area contributed by atoms with Gasteiger partial charge in [-0.15, -0.1) is 0 Å². The largest absolute Gasteiger partial charge is 0.374 e. The minimum absolute atomic E-state index is 0.208. The van der Waals surface area contributed by atoms with E-state index in [1.54, 1.807) is 0 Å². The first-order chi connectivity index (χ1) is 8.81. The first-order valence-electron chi connectivity index (χ1n) is 6.74. The summed E-state index contributed by atoms with van der Waals surface area (Å²) in [4.78, 5) is 6.54. The number of ether oxygens (including phenoxy) is 1. The first-order valence-corrected chi connectivity index (χ1v) is 6.74. The molecule has 0 bridgehead atoms.